The van der Waals surface area contributed by atoms with Crippen LogP contribution in [-0.2, 0) is 0 Å². The van der Waals surface area contributed by atoms with Crippen molar-refractivity contribution in [1.29, 1.82) is 0 Å². The molecule has 0 saturated heterocycles. The van der Waals surface area contributed by atoms with E-state index in [0.717, 1.165) is 22.1 Å². The van der Waals surface area contributed by atoms with Gasteiger partial charge in [0, 0.05) is 22.7 Å². The zero-order valence-electron chi connectivity index (χ0n) is 11.3. The quantitative estimate of drug-likeness (QED) is 0.442. The van der Waals surface area contributed by atoms with Crippen LogP contribution in [0.15, 0.2) is 53.9 Å². The molecule has 1 heterocycles. The normalized spacial score (nSPS) is 12.1. The Morgan fingerprint density at radius 2 is 1.95 bits per heavy atom. The summed E-state index contributed by atoms with van der Waals surface area (Å²) in [7, 11) is 0. The second-order valence-electron chi connectivity index (χ2n) is 4.53. The van der Waals surface area contributed by atoms with Crippen LogP contribution in [-0.4, -0.2) is 10.2 Å². The van der Waals surface area contributed by atoms with E-state index in [2.05, 4.69) is 10.3 Å². The maximum absolute atomic E-state index is 11.2. The summed E-state index contributed by atoms with van der Waals surface area (Å²) in [6.45, 7) is 0. The fourth-order valence-electron chi connectivity index (χ4n) is 1.96. The third kappa shape index (κ3) is 3.45. The number of quaternary nitrogens is 1. The fourth-order valence-corrected chi connectivity index (χ4v) is 3.26. The maximum Gasteiger partial charge on any atom is 0.187 e. The number of benzene rings is 2. The van der Waals surface area contributed by atoms with Crippen molar-refractivity contribution in [2.45, 2.75) is 0 Å². The standard InChI is InChI=1S/C15H12IN3O2S/c16-12-7-6-10(8-14(12)19(20)21)13-9-22-15(18-13)17-11-4-2-1-3-5-11/h1-9,19-20H,(H,17,18). The lowest BCUT2D eigenvalue weighted by Crippen LogP contribution is -2.99. The molecule has 3 rings (SSSR count). The summed E-state index contributed by atoms with van der Waals surface area (Å²) in [6, 6.07) is 15.1. The summed E-state index contributed by atoms with van der Waals surface area (Å²) in [4.78, 5) is 4.52. The minimum absolute atomic E-state index is 0.295. The van der Waals surface area contributed by atoms with Gasteiger partial charge in [-0.05, 0) is 40.8 Å². The van der Waals surface area contributed by atoms with Crippen LogP contribution >= 0.6 is 33.9 Å². The number of anilines is 2. The van der Waals surface area contributed by atoms with Gasteiger partial charge >= 0.3 is 0 Å². The van der Waals surface area contributed by atoms with Crippen LogP contribution < -0.4 is 10.5 Å². The minimum atomic E-state index is -0.927. The molecule has 3 aromatic rings. The van der Waals surface area contributed by atoms with Crippen molar-refractivity contribution in [2.75, 3.05) is 5.32 Å². The molecule has 7 heteroatoms. The van der Waals surface area contributed by atoms with Crippen LogP contribution in [0, 0.1) is 8.78 Å². The van der Waals surface area contributed by atoms with E-state index in [-0.39, 0.29) is 0 Å². The molecule has 0 saturated carbocycles. The zero-order chi connectivity index (χ0) is 15.5. The van der Waals surface area contributed by atoms with Crippen molar-refractivity contribution < 1.29 is 10.4 Å². The van der Waals surface area contributed by atoms with Crippen molar-refractivity contribution in [2.24, 2.45) is 0 Å². The molecule has 0 radical (unpaired) electrons. The number of nitrogens with zero attached hydrogens (tertiary/aromatic N) is 1. The number of halogens is 1. The van der Waals surface area contributed by atoms with Gasteiger partial charge in [-0.2, -0.15) is 5.23 Å². The van der Waals surface area contributed by atoms with E-state index in [1.54, 1.807) is 12.1 Å². The third-order valence-corrected chi connectivity index (χ3v) is 4.72. The van der Waals surface area contributed by atoms with E-state index in [0.29, 0.717) is 9.26 Å². The molecule has 1 unspecified atom stereocenters. The topological polar surface area (TPSA) is 72.7 Å². The van der Waals surface area contributed by atoms with Gasteiger partial charge in [0.05, 0.1) is 9.26 Å². The minimum Gasteiger partial charge on any atom is -0.595 e. The van der Waals surface area contributed by atoms with Gasteiger partial charge < -0.3 is 10.5 Å². The molecular weight excluding hydrogens is 413 g/mol. The Morgan fingerprint density at radius 1 is 1.18 bits per heavy atom. The summed E-state index contributed by atoms with van der Waals surface area (Å²) >= 11 is 3.51. The lowest BCUT2D eigenvalue weighted by molar-refractivity contribution is -0.991. The Kier molecular flexibility index (Phi) is 4.69. The number of nitrogens with one attached hydrogen (secondary N) is 2. The Labute approximate surface area is 144 Å². The van der Waals surface area contributed by atoms with Crippen LogP contribution in [0.2, 0.25) is 0 Å². The van der Waals surface area contributed by atoms with E-state index < -0.39 is 5.23 Å². The van der Waals surface area contributed by atoms with E-state index in [4.69, 9.17) is 0 Å². The third-order valence-electron chi connectivity index (χ3n) is 3.02. The highest BCUT2D eigenvalue weighted by molar-refractivity contribution is 14.1. The molecule has 112 valence electrons. The van der Waals surface area contributed by atoms with E-state index in [1.807, 2.05) is 64.4 Å². The van der Waals surface area contributed by atoms with Gasteiger partial charge in [-0.25, -0.2) is 10.2 Å². The molecule has 0 bridgehead atoms. The van der Waals surface area contributed by atoms with Crippen LogP contribution in [0.5, 0.6) is 0 Å². The molecule has 0 amide bonds. The first-order chi connectivity index (χ1) is 10.6. The van der Waals surface area contributed by atoms with Crippen molar-refractivity contribution in [3.63, 3.8) is 0 Å². The van der Waals surface area contributed by atoms with Gasteiger partial charge in [0.25, 0.3) is 0 Å². The molecule has 3 N–H and O–H groups in total. The van der Waals surface area contributed by atoms with E-state index >= 15 is 0 Å². The molecule has 0 spiro atoms. The Balaban J connectivity index is 1.86. The van der Waals surface area contributed by atoms with Crippen LogP contribution in [0.25, 0.3) is 11.3 Å². The fraction of sp³-hybridized carbons (Fsp3) is 0. The predicted octanol–water partition coefficient (Wildman–Crippen LogP) is 3.56. The Morgan fingerprint density at radius 3 is 2.68 bits per heavy atom. The average molecular weight is 425 g/mol. The van der Waals surface area contributed by atoms with Crippen molar-refractivity contribution in [3.8, 4) is 11.3 Å². The Bertz CT molecular complexity index is 777. The largest absolute Gasteiger partial charge is 0.595 e. The van der Waals surface area contributed by atoms with Crippen molar-refractivity contribution >= 4 is 50.4 Å². The second kappa shape index (κ2) is 6.71. The van der Waals surface area contributed by atoms with Gasteiger partial charge in [0.15, 0.2) is 10.8 Å². The molecule has 0 aliphatic carbocycles. The number of hydrogen-bond acceptors (Lipinski definition) is 5. The number of hydrogen-bond donors (Lipinski definition) is 3. The SMILES string of the molecule is [O-][NH+](O)c1cc(-c2csc(Nc3ccccc3)n2)ccc1I. The lowest BCUT2D eigenvalue weighted by atomic mass is 10.1. The first kappa shape index (κ1) is 15.4. The van der Waals surface area contributed by atoms with Crippen LogP contribution in [0.4, 0.5) is 16.5 Å². The summed E-state index contributed by atoms with van der Waals surface area (Å²) in [5.41, 5.74) is 2.83. The zero-order valence-corrected chi connectivity index (χ0v) is 14.3. The molecule has 0 aliphatic heterocycles. The van der Waals surface area contributed by atoms with Crippen molar-refractivity contribution in [1.82, 2.24) is 4.98 Å². The molecule has 2 aromatic carbocycles. The average Bonchev–Trinajstić information content (AvgIpc) is 2.97. The predicted molar refractivity (Wildman–Crippen MR) is 95.8 cm³/mol. The molecular formula is C15H12IN3O2S. The summed E-state index contributed by atoms with van der Waals surface area (Å²) in [5.74, 6) is 0. The molecule has 0 aliphatic rings. The molecule has 1 atom stereocenters. The molecule has 5 nitrogen and oxygen atoms in total. The van der Waals surface area contributed by atoms with Gasteiger partial charge in [-0.15, -0.1) is 11.3 Å². The highest BCUT2D eigenvalue weighted by Crippen LogP contribution is 2.29. The van der Waals surface area contributed by atoms with Crippen LogP contribution in [0.3, 0.4) is 0 Å². The number of aromatic nitrogens is 1. The second-order valence-corrected chi connectivity index (χ2v) is 6.55. The van der Waals surface area contributed by atoms with Crippen molar-refractivity contribution in [3.05, 3.63) is 62.7 Å². The number of rotatable bonds is 4. The Hall–Kier alpha value is -1.52. The van der Waals surface area contributed by atoms with Gasteiger partial charge in [0.1, 0.15) is 0 Å². The smallest absolute Gasteiger partial charge is 0.187 e. The first-order valence-electron chi connectivity index (χ1n) is 6.44. The summed E-state index contributed by atoms with van der Waals surface area (Å²) in [6.07, 6.45) is 0. The van der Waals surface area contributed by atoms with Gasteiger partial charge in [-0.3, -0.25) is 0 Å². The maximum atomic E-state index is 11.2. The summed E-state index contributed by atoms with van der Waals surface area (Å²) < 4.78 is 0.715. The number of para-hydroxylation sites is 1. The number of thiazole rings is 1. The molecule has 22 heavy (non-hydrogen) atoms. The van der Waals surface area contributed by atoms with E-state index in [9.17, 15) is 10.4 Å². The highest BCUT2D eigenvalue weighted by atomic mass is 127. The highest BCUT2D eigenvalue weighted by Gasteiger charge is 2.11. The molecule has 0 fully saturated rings. The first-order valence-corrected chi connectivity index (χ1v) is 8.40. The lowest BCUT2D eigenvalue weighted by Gasteiger charge is -2.13. The van der Waals surface area contributed by atoms with Gasteiger partial charge in [-0.1, -0.05) is 24.3 Å². The van der Waals surface area contributed by atoms with E-state index in [1.165, 1.54) is 11.3 Å². The van der Waals surface area contributed by atoms with Gasteiger partial charge in [0.2, 0.25) is 0 Å². The monoisotopic (exact) mass is 425 g/mol. The summed E-state index contributed by atoms with van der Waals surface area (Å²) in [5, 5.41) is 25.4. The van der Waals surface area contributed by atoms with Crippen LogP contribution in [0.1, 0.15) is 0 Å². The molecule has 1 aromatic heterocycles.